The molecule has 5 heteroatoms. The van der Waals surface area contributed by atoms with E-state index in [9.17, 15) is 14.7 Å². The first-order chi connectivity index (χ1) is 10.5. The van der Waals surface area contributed by atoms with Gasteiger partial charge in [-0.15, -0.1) is 0 Å². The monoisotopic (exact) mass is 303 g/mol. The Bertz CT molecular complexity index is 663. The van der Waals surface area contributed by atoms with Crippen LogP contribution < -0.4 is 11.4 Å². The first-order valence-electron chi connectivity index (χ1n) is 7.76. The van der Waals surface area contributed by atoms with Crippen LogP contribution in [-0.4, -0.2) is 17.5 Å². The fraction of sp³-hybridized carbons (Fsp3) is 0.529. The van der Waals surface area contributed by atoms with Gasteiger partial charge in [0.1, 0.15) is 11.3 Å². The van der Waals surface area contributed by atoms with Gasteiger partial charge in [0.05, 0.1) is 11.8 Å². The van der Waals surface area contributed by atoms with E-state index in [0.29, 0.717) is 23.9 Å². The average molecular weight is 303 g/mol. The number of carbonyl (C=O) groups excluding carboxylic acids is 1. The van der Waals surface area contributed by atoms with Gasteiger partial charge in [0.25, 0.3) is 0 Å². The van der Waals surface area contributed by atoms with Gasteiger partial charge in [0.15, 0.2) is 6.29 Å². The third-order valence-corrected chi connectivity index (χ3v) is 5.10. The number of nitrogen functional groups attached to an aromatic ring is 1. The molecule has 0 bridgehead atoms. The van der Waals surface area contributed by atoms with Crippen molar-refractivity contribution in [2.45, 2.75) is 38.2 Å². The van der Waals surface area contributed by atoms with Crippen LogP contribution in [0.3, 0.4) is 0 Å². The van der Waals surface area contributed by atoms with Crippen LogP contribution in [-0.2, 0) is 0 Å². The van der Waals surface area contributed by atoms with Crippen molar-refractivity contribution in [3.05, 3.63) is 40.0 Å². The highest BCUT2D eigenvalue weighted by Crippen LogP contribution is 2.47. The quantitative estimate of drug-likeness (QED) is 0.644. The van der Waals surface area contributed by atoms with Gasteiger partial charge < -0.3 is 15.3 Å². The molecule has 2 aliphatic rings. The number of allylic oxidation sites excluding steroid dienone is 2. The molecule has 3 rings (SSSR count). The lowest BCUT2D eigenvalue weighted by molar-refractivity contribution is 0.0617. The molecule has 2 aliphatic carbocycles. The molecule has 1 aromatic heterocycles. The molecule has 1 fully saturated rings. The van der Waals surface area contributed by atoms with Crippen molar-refractivity contribution in [2.24, 2.45) is 17.8 Å². The number of nitrogens with two attached hydrogens (primary N) is 1. The van der Waals surface area contributed by atoms with Crippen molar-refractivity contribution in [3.8, 4) is 0 Å². The molecule has 22 heavy (non-hydrogen) atoms. The van der Waals surface area contributed by atoms with Crippen LogP contribution in [0.5, 0.6) is 0 Å². The number of aldehydes is 1. The predicted octanol–water partition coefficient (Wildman–Crippen LogP) is 2.10. The van der Waals surface area contributed by atoms with Crippen LogP contribution in [0.1, 0.15) is 48.2 Å². The summed E-state index contributed by atoms with van der Waals surface area (Å²) >= 11 is 0. The van der Waals surface area contributed by atoms with Crippen LogP contribution in [0.15, 0.2) is 27.4 Å². The molecule has 0 saturated heterocycles. The molecule has 1 heterocycles. The second-order valence-corrected chi connectivity index (χ2v) is 6.49. The van der Waals surface area contributed by atoms with E-state index in [1.54, 1.807) is 6.07 Å². The Hall–Kier alpha value is -1.88. The number of aliphatic hydroxyl groups excluding tert-OH is 1. The summed E-state index contributed by atoms with van der Waals surface area (Å²) < 4.78 is 5.40. The maximum absolute atomic E-state index is 11.9. The molecule has 0 unspecified atom stereocenters. The minimum atomic E-state index is -0.667. The summed E-state index contributed by atoms with van der Waals surface area (Å²) in [5.74, 6) is 1.45. The summed E-state index contributed by atoms with van der Waals surface area (Å²) in [7, 11) is 0. The van der Waals surface area contributed by atoms with E-state index in [4.69, 9.17) is 10.2 Å². The fourth-order valence-corrected chi connectivity index (χ4v) is 3.99. The van der Waals surface area contributed by atoms with Gasteiger partial charge in [0.2, 0.25) is 0 Å². The highest BCUT2D eigenvalue weighted by molar-refractivity contribution is 5.82. The smallest absolute Gasteiger partial charge is 0.348 e. The Kier molecular flexibility index (Phi) is 3.91. The summed E-state index contributed by atoms with van der Waals surface area (Å²) in [6, 6.07) is 1.62. The van der Waals surface area contributed by atoms with E-state index in [-0.39, 0.29) is 29.2 Å². The van der Waals surface area contributed by atoms with E-state index in [2.05, 4.69) is 19.1 Å². The number of hydrogen-bond donors (Lipinski definition) is 2. The molecule has 0 spiro atoms. The zero-order chi connectivity index (χ0) is 15.9. The number of anilines is 1. The lowest BCUT2D eigenvalue weighted by Crippen LogP contribution is -2.35. The van der Waals surface area contributed by atoms with Gasteiger partial charge in [-0.2, -0.15) is 0 Å². The number of carbonyl (C=O) groups is 1. The minimum Gasteiger partial charge on any atom is -0.427 e. The van der Waals surface area contributed by atoms with E-state index >= 15 is 0 Å². The van der Waals surface area contributed by atoms with Crippen LogP contribution in [0, 0.1) is 17.8 Å². The Balaban J connectivity index is 2.01. The predicted molar refractivity (Wildman–Crippen MR) is 82.7 cm³/mol. The third-order valence-electron chi connectivity index (χ3n) is 5.10. The Morgan fingerprint density at radius 2 is 2.14 bits per heavy atom. The number of hydrogen-bond acceptors (Lipinski definition) is 5. The lowest BCUT2D eigenvalue weighted by Gasteiger charge is -2.42. The molecule has 1 aromatic rings. The molecular formula is C17H21NO4. The number of rotatable bonds is 2. The maximum Gasteiger partial charge on any atom is 0.348 e. The van der Waals surface area contributed by atoms with Crippen molar-refractivity contribution in [3.63, 3.8) is 0 Å². The molecule has 118 valence electrons. The standard InChI is InChI=1S/C17H21NO4/c1-9-2-3-10-6-11(20)4-5-12(10)16(9)15-7-14(18)13(8-19)17(21)22-15/h2-3,7-12,16,20H,4-6,18H2,1H3/t9-,10+,11-,12-,16+/m0/s1. The van der Waals surface area contributed by atoms with Crippen LogP contribution in [0.2, 0.25) is 0 Å². The Labute approximate surface area is 128 Å². The van der Waals surface area contributed by atoms with Gasteiger partial charge in [0, 0.05) is 12.0 Å². The number of aliphatic hydroxyl groups is 1. The van der Waals surface area contributed by atoms with Gasteiger partial charge in [-0.05, 0) is 37.0 Å². The van der Waals surface area contributed by atoms with E-state index in [1.165, 1.54) is 0 Å². The molecule has 0 aliphatic heterocycles. The maximum atomic E-state index is 11.9. The highest BCUT2D eigenvalue weighted by Gasteiger charge is 2.40. The molecule has 0 radical (unpaired) electrons. The van der Waals surface area contributed by atoms with Gasteiger partial charge >= 0.3 is 5.63 Å². The first-order valence-corrected chi connectivity index (χ1v) is 7.76. The van der Waals surface area contributed by atoms with Crippen molar-refractivity contribution >= 4 is 12.0 Å². The first kappa shape index (κ1) is 15.0. The van der Waals surface area contributed by atoms with Crippen LogP contribution in [0.25, 0.3) is 0 Å². The highest BCUT2D eigenvalue weighted by atomic mass is 16.4. The molecule has 0 amide bonds. The molecular weight excluding hydrogens is 282 g/mol. The molecule has 3 N–H and O–H groups in total. The second-order valence-electron chi connectivity index (χ2n) is 6.49. The van der Waals surface area contributed by atoms with Gasteiger partial charge in [-0.25, -0.2) is 4.79 Å². The molecule has 5 atom stereocenters. The summed E-state index contributed by atoms with van der Waals surface area (Å²) in [4.78, 5) is 22.8. The largest absolute Gasteiger partial charge is 0.427 e. The lowest BCUT2D eigenvalue weighted by atomic mass is 9.64. The van der Waals surface area contributed by atoms with Gasteiger partial charge in [-0.1, -0.05) is 19.1 Å². The van der Waals surface area contributed by atoms with Crippen molar-refractivity contribution in [1.29, 1.82) is 0 Å². The minimum absolute atomic E-state index is 0.0539. The topological polar surface area (TPSA) is 93.5 Å². The molecule has 5 nitrogen and oxygen atoms in total. The van der Waals surface area contributed by atoms with Crippen LogP contribution >= 0.6 is 0 Å². The van der Waals surface area contributed by atoms with E-state index < -0.39 is 5.63 Å². The zero-order valence-electron chi connectivity index (χ0n) is 12.6. The zero-order valence-corrected chi connectivity index (χ0v) is 12.6. The average Bonchev–Trinajstić information content (AvgIpc) is 2.47. The van der Waals surface area contributed by atoms with Crippen molar-refractivity contribution in [1.82, 2.24) is 0 Å². The number of fused-ring (bicyclic) bond motifs is 1. The summed E-state index contributed by atoms with van der Waals surface area (Å²) in [5.41, 5.74) is 5.22. The Morgan fingerprint density at radius 1 is 1.36 bits per heavy atom. The van der Waals surface area contributed by atoms with E-state index in [1.807, 2.05) is 0 Å². The third kappa shape index (κ3) is 2.50. The second kappa shape index (κ2) is 5.72. The van der Waals surface area contributed by atoms with Crippen molar-refractivity contribution in [2.75, 3.05) is 5.73 Å². The fourth-order valence-electron chi connectivity index (χ4n) is 3.99. The van der Waals surface area contributed by atoms with Crippen LogP contribution in [0.4, 0.5) is 5.69 Å². The summed E-state index contributed by atoms with van der Waals surface area (Å²) in [6.07, 6.45) is 6.89. The van der Waals surface area contributed by atoms with E-state index in [0.717, 1.165) is 19.3 Å². The molecule has 0 aromatic carbocycles. The molecule has 1 saturated carbocycles. The SMILES string of the molecule is C[C@H]1C=C[C@@H]2C[C@@H](O)CC[C@@H]2[C@@H]1c1cc(N)c(C=O)c(=O)o1. The normalized spacial score (nSPS) is 34.2. The van der Waals surface area contributed by atoms with Gasteiger partial charge in [-0.3, -0.25) is 4.79 Å². The summed E-state index contributed by atoms with van der Waals surface area (Å²) in [6.45, 7) is 2.09. The Morgan fingerprint density at radius 3 is 2.82 bits per heavy atom. The van der Waals surface area contributed by atoms with Crippen molar-refractivity contribution < 1.29 is 14.3 Å². The summed E-state index contributed by atoms with van der Waals surface area (Å²) in [5, 5.41) is 9.86.